The molecule has 7 heteroatoms. The molecular formula is C10H18F3NO3. The van der Waals surface area contributed by atoms with Gasteiger partial charge in [-0.15, -0.1) is 0 Å². The van der Waals surface area contributed by atoms with Gasteiger partial charge in [-0.3, -0.25) is 0 Å². The predicted octanol–water partition coefficient (Wildman–Crippen LogP) is 1.63. The smallest absolute Gasteiger partial charge is 0.416 e. The zero-order valence-electron chi connectivity index (χ0n) is 9.97. The van der Waals surface area contributed by atoms with E-state index in [0.29, 0.717) is 13.5 Å². The van der Waals surface area contributed by atoms with Crippen LogP contribution in [0.3, 0.4) is 0 Å². The highest BCUT2D eigenvalue weighted by Gasteiger charge is 2.55. The van der Waals surface area contributed by atoms with E-state index in [9.17, 15) is 18.0 Å². The van der Waals surface area contributed by atoms with Gasteiger partial charge in [0, 0.05) is 6.61 Å². The van der Waals surface area contributed by atoms with Gasteiger partial charge in [0.2, 0.25) is 5.54 Å². The Balaban J connectivity index is 3.87. The lowest BCUT2D eigenvalue weighted by Gasteiger charge is -2.25. The summed E-state index contributed by atoms with van der Waals surface area (Å²) < 4.78 is 46.3. The standard InChI is InChI=1S/C10H18F3NO3/c1-3-4-5-16-6-7-17-8(15)9(2,14)10(11,12)13/h3-7,14H2,1-2H3. The van der Waals surface area contributed by atoms with Crippen molar-refractivity contribution in [3.05, 3.63) is 0 Å². The molecule has 2 N–H and O–H groups in total. The fourth-order valence-electron chi connectivity index (χ4n) is 0.807. The first-order valence-electron chi connectivity index (χ1n) is 5.34. The van der Waals surface area contributed by atoms with Crippen LogP contribution in [-0.4, -0.2) is 37.5 Å². The highest BCUT2D eigenvalue weighted by Crippen LogP contribution is 2.28. The average Bonchev–Trinajstić information content (AvgIpc) is 2.21. The summed E-state index contributed by atoms with van der Waals surface area (Å²) in [4.78, 5) is 11.1. The molecule has 0 saturated heterocycles. The summed E-state index contributed by atoms with van der Waals surface area (Å²) in [5.74, 6) is -1.50. The Hall–Kier alpha value is -0.820. The molecule has 1 unspecified atom stereocenters. The quantitative estimate of drug-likeness (QED) is 0.556. The number of nitrogens with two attached hydrogens (primary N) is 1. The maximum atomic E-state index is 12.3. The van der Waals surface area contributed by atoms with Gasteiger partial charge in [-0.1, -0.05) is 13.3 Å². The Morgan fingerprint density at radius 3 is 2.29 bits per heavy atom. The van der Waals surface area contributed by atoms with Crippen molar-refractivity contribution in [3.63, 3.8) is 0 Å². The van der Waals surface area contributed by atoms with E-state index in [-0.39, 0.29) is 13.2 Å². The number of carbonyl (C=O) groups is 1. The van der Waals surface area contributed by atoms with E-state index in [1.165, 1.54) is 0 Å². The topological polar surface area (TPSA) is 61.5 Å². The zero-order chi connectivity index (χ0) is 13.5. The maximum absolute atomic E-state index is 12.3. The maximum Gasteiger partial charge on any atom is 0.416 e. The molecule has 0 bridgehead atoms. The summed E-state index contributed by atoms with van der Waals surface area (Å²) in [7, 11) is 0. The molecule has 0 fully saturated rings. The van der Waals surface area contributed by atoms with Crippen molar-refractivity contribution >= 4 is 5.97 Å². The van der Waals surface area contributed by atoms with Gasteiger partial charge >= 0.3 is 12.1 Å². The lowest BCUT2D eigenvalue weighted by Crippen LogP contribution is -2.58. The van der Waals surface area contributed by atoms with Gasteiger partial charge in [-0.2, -0.15) is 13.2 Å². The minimum atomic E-state index is -4.83. The molecule has 0 aromatic heterocycles. The van der Waals surface area contributed by atoms with E-state index in [1.54, 1.807) is 0 Å². The van der Waals surface area contributed by atoms with Crippen LogP contribution in [0.1, 0.15) is 26.7 Å². The van der Waals surface area contributed by atoms with E-state index >= 15 is 0 Å². The molecule has 0 saturated carbocycles. The number of unbranched alkanes of at least 4 members (excludes halogenated alkanes) is 1. The highest BCUT2D eigenvalue weighted by molar-refractivity contribution is 5.81. The minimum Gasteiger partial charge on any atom is -0.462 e. The van der Waals surface area contributed by atoms with Crippen LogP contribution in [0.15, 0.2) is 0 Å². The fourth-order valence-corrected chi connectivity index (χ4v) is 0.807. The van der Waals surface area contributed by atoms with Crippen molar-refractivity contribution in [2.75, 3.05) is 19.8 Å². The van der Waals surface area contributed by atoms with Crippen molar-refractivity contribution in [2.24, 2.45) is 5.73 Å². The zero-order valence-corrected chi connectivity index (χ0v) is 9.97. The molecule has 102 valence electrons. The largest absolute Gasteiger partial charge is 0.462 e. The molecule has 4 nitrogen and oxygen atoms in total. The van der Waals surface area contributed by atoms with E-state index in [1.807, 2.05) is 6.92 Å². The molecule has 1 atom stereocenters. The van der Waals surface area contributed by atoms with Crippen LogP contribution in [-0.2, 0) is 14.3 Å². The summed E-state index contributed by atoms with van der Waals surface area (Å²) in [5, 5.41) is 0. The molecule has 17 heavy (non-hydrogen) atoms. The van der Waals surface area contributed by atoms with Crippen LogP contribution in [0.4, 0.5) is 13.2 Å². The number of hydrogen-bond donors (Lipinski definition) is 1. The Labute approximate surface area is 98.2 Å². The third kappa shape index (κ3) is 5.36. The van der Waals surface area contributed by atoms with Crippen LogP contribution in [0, 0.1) is 0 Å². The van der Waals surface area contributed by atoms with Crippen molar-refractivity contribution < 1.29 is 27.4 Å². The summed E-state index contributed by atoms with van der Waals surface area (Å²) in [6.07, 6.45) is -3.02. The van der Waals surface area contributed by atoms with Gasteiger partial charge in [0.15, 0.2) is 0 Å². The van der Waals surface area contributed by atoms with E-state index in [0.717, 1.165) is 12.8 Å². The van der Waals surface area contributed by atoms with Crippen LogP contribution < -0.4 is 5.73 Å². The first-order valence-corrected chi connectivity index (χ1v) is 5.34. The Kier molecular flexibility index (Phi) is 6.48. The Morgan fingerprint density at radius 1 is 1.24 bits per heavy atom. The predicted molar refractivity (Wildman–Crippen MR) is 55.3 cm³/mol. The average molecular weight is 257 g/mol. The van der Waals surface area contributed by atoms with Gasteiger partial charge < -0.3 is 15.2 Å². The normalized spacial score (nSPS) is 15.4. The van der Waals surface area contributed by atoms with E-state index < -0.39 is 17.7 Å². The number of rotatable bonds is 7. The van der Waals surface area contributed by atoms with Gasteiger partial charge in [0.25, 0.3) is 0 Å². The van der Waals surface area contributed by atoms with Crippen LogP contribution >= 0.6 is 0 Å². The van der Waals surface area contributed by atoms with Crippen molar-refractivity contribution in [1.29, 1.82) is 0 Å². The number of carbonyl (C=O) groups excluding carboxylic acids is 1. The minimum absolute atomic E-state index is 0.0691. The van der Waals surface area contributed by atoms with Gasteiger partial charge in [0.05, 0.1) is 6.61 Å². The van der Waals surface area contributed by atoms with Crippen LogP contribution in [0.5, 0.6) is 0 Å². The molecule has 0 radical (unpaired) electrons. The second-order valence-electron chi connectivity index (χ2n) is 3.80. The van der Waals surface area contributed by atoms with Gasteiger partial charge in [0.1, 0.15) is 6.61 Å². The third-order valence-corrected chi connectivity index (χ3v) is 2.12. The molecule has 0 rings (SSSR count). The SMILES string of the molecule is CCCCOCCOC(=O)C(C)(N)C(F)(F)F. The number of ether oxygens (including phenoxy) is 2. The highest BCUT2D eigenvalue weighted by atomic mass is 19.4. The number of alkyl halides is 3. The lowest BCUT2D eigenvalue weighted by atomic mass is 10.0. The van der Waals surface area contributed by atoms with Gasteiger partial charge in [-0.25, -0.2) is 4.79 Å². The van der Waals surface area contributed by atoms with E-state index in [2.05, 4.69) is 4.74 Å². The monoisotopic (exact) mass is 257 g/mol. The Bertz CT molecular complexity index is 241. The third-order valence-electron chi connectivity index (χ3n) is 2.12. The van der Waals surface area contributed by atoms with Gasteiger partial charge in [-0.05, 0) is 13.3 Å². The molecule has 0 aliphatic heterocycles. The van der Waals surface area contributed by atoms with E-state index in [4.69, 9.17) is 10.5 Å². The molecule has 0 spiro atoms. The van der Waals surface area contributed by atoms with Crippen LogP contribution in [0.25, 0.3) is 0 Å². The summed E-state index contributed by atoms with van der Waals surface area (Å²) >= 11 is 0. The summed E-state index contributed by atoms with van der Waals surface area (Å²) in [5.41, 5.74) is 1.88. The molecule has 0 heterocycles. The van der Waals surface area contributed by atoms with Crippen LogP contribution in [0.2, 0.25) is 0 Å². The second-order valence-corrected chi connectivity index (χ2v) is 3.80. The first kappa shape index (κ1) is 16.2. The van der Waals surface area contributed by atoms with Crippen molar-refractivity contribution in [3.8, 4) is 0 Å². The number of esters is 1. The summed E-state index contributed by atoms with van der Waals surface area (Å²) in [6, 6.07) is 0. The molecular weight excluding hydrogens is 239 g/mol. The molecule has 0 amide bonds. The second kappa shape index (κ2) is 6.80. The number of halogens is 3. The molecule has 0 aliphatic rings. The van der Waals surface area contributed by atoms with Crippen molar-refractivity contribution in [2.45, 2.75) is 38.4 Å². The molecule has 0 aromatic carbocycles. The molecule has 0 aromatic rings. The lowest BCUT2D eigenvalue weighted by molar-refractivity contribution is -0.202. The number of hydrogen-bond acceptors (Lipinski definition) is 4. The van der Waals surface area contributed by atoms with Crippen molar-refractivity contribution in [1.82, 2.24) is 0 Å². The summed E-state index contributed by atoms with van der Waals surface area (Å²) in [6.45, 7) is 2.89. The first-order chi connectivity index (χ1) is 7.73. The fraction of sp³-hybridized carbons (Fsp3) is 0.900. The molecule has 0 aliphatic carbocycles. The Morgan fingerprint density at radius 2 is 1.82 bits per heavy atom.